The predicted molar refractivity (Wildman–Crippen MR) is 49.4 cm³/mol. The van der Waals surface area contributed by atoms with E-state index in [1.54, 1.807) is 0 Å². The van der Waals surface area contributed by atoms with Gasteiger partial charge in [0.15, 0.2) is 0 Å². The Morgan fingerprint density at radius 3 is 2.69 bits per heavy atom. The van der Waals surface area contributed by atoms with Crippen LogP contribution >= 0.6 is 0 Å². The highest BCUT2D eigenvalue weighted by atomic mass is 15.2. The van der Waals surface area contributed by atoms with Gasteiger partial charge in [-0.05, 0) is 12.3 Å². The lowest BCUT2D eigenvalue weighted by Crippen LogP contribution is -2.28. The molecule has 1 aromatic heterocycles. The summed E-state index contributed by atoms with van der Waals surface area (Å²) in [7, 11) is 0. The molecule has 0 aromatic carbocycles. The van der Waals surface area contributed by atoms with Crippen LogP contribution in [-0.4, -0.2) is 9.97 Å². The van der Waals surface area contributed by atoms with Gasteiger partial charge in [0.1, 0.15) is 6.33 Å². The van der Waals surface area contributed by atoms with Crippen LogP contribution in [0, 0.1) is 5.92 Å². The van der Waals surface area contributed by atoms with Crippen LogP contribution in [0.25, 0.3) is 0 Å². The van der Waals surface area contributed by atoms with E-state index in [9.17, 15) is 0 Å². The SMILES string of the molecule is NNC(CC1CC1)c1cncnc1. The van der Waals surface area contributed by atoms with Crippen molar-refractivity contribution in [1.29, 1.82) is 0 Å². The van der Waals surface area contributed by atoms with Crippen molar-refractivity contribution in [3.8, 4) is 0 Å². The van der Waals surface area contributed by atoms with Crippen LogP contribution in [0.15, 0.2) is 18.7 Å². The maximum Gasteiger partial charge on any atom is 0.115 e. The number of rotatable bonds is 4. The van der Waals surface area contributed by atoms with E-state index < -0.39 is 0 Å². The normalized spacial score (nSPS) is 18.5. The molecule has 4 heteroatoms. The Morgan fingerprint density at radius 2 is 2.15 bits per heavy atom. The molecule has 1 aromatic rings. The van der Waals surface area contributed by atoms with Gasteiger partial charge in [0, 0.05) is 24.0 Å². The summed E-state index contributed by atoms with van der Waals surface area (Å²) < 4.78 is 0. The first-order chi connectivity index (χ1) is 6.40. The lowest BCUT2D eigenvalue weighted by atomic mass is 10.1. The third-order valence-electron chi connectivity index (χ3n) is 2.45. The van der Waals surface area contributed by atoms with Crippen molar-refractivity contribution in [3.05, 3.63) is 24.3 Å². The Kier molecular flexibility index (Phi) is 2.52. The monoisotopic (exact) mass is 178 g/mol. The average Bonchev–Trinajstić information content (AvgIpc) is 2.99. The van der Waals surface area contributed by atoms with Crippen LogP contribution in [0.1, 0.15) is 30.9 Å². The Morgan fingerprint density at radius 1 is 1.46 bits per heavy atom. The van der Waals surface area contributed by atoms with E-state index in [-0.39, 0.29) is 6.04 Å². The van der Waals surface area contributed by atoms with Gasteiger partial charge in [-0.25, -0.2) is 9.97 Å². The van der Waals surface area contributed by atoms with Gasteiger partial charge in [-0.15, -0.1) is 0 Å². The predicted octanol–water partition coefficient (Wildman–Crippen LogP) is 0.781. The van der Waals surface area contributed by atoms with Gasteiger partial charge in [0.2, 0.25) is 0 Å². The number of hydrogen-bond acceptors (Lipinski definition) is 4. The van der Waals surface area contributed by atoms with Crippen molar-refractivity contribution in [2.45, 2.75) is 25.3 Å². The standard InChI is InChI=1S/C9H14N4/c10-13-9(3-7-1-2-7)8-4-11-6-12-5-8/h4-7,9,13H,1-3,10H2. The van der Waals surface area contributed by atoms with Crippen molar-refractivity contribution < 1.29 is 0 Å². The second kappa shape index (κ2) is 3.81. The van der Waals surface area contributed by atoms with E-state index in [0.29, 0.717) is 0 Å². The molecule has 1 aliphatic carbocycles. The fraction of sp³-hybridized carbons (Fsp3) is 0.556. The van der Waals surface area contributed by atoms with E-state index >= 15 is 0 Å². The smallest absolute Gasteiger partial charge is 0.115 e. The zero-order valence-electron chi connectivity index (χ0n) is 7.48. The van der Waals surface area contributed by atoms with Gasteiger partial charge in [-0.3, -0.25) is 11.3 Å². The van der Waals surface area contributed by atoms with E-state index in [2.05, 4.69) is 15.4 Å². The number of hydrazine groups is 1. The van der Waals surface area contributed by atoms with Crippen molar-refractivity contribution in [2.75, 3.05) is 0 Å². The summed E-state index contributed by atoms with van der Waals surface area (Å²) in [5.74, 6) is 6.32. The fourth-order valence-corrected chi connectivity index (χ4v) is 1.48. The molecular formula is C9H14N4. The quantitative estimate of drug-likeness (QED) is 0.528. The fourth-order valence-electron chi connectivity index (χ4n) is 1.48. The summed E-state index contributed by atoms with van der Waals surface area (Å²) in [6, 6.07) is 0.216. The first-order valence-corrected chi connectivity index (χ1v) is 4.61. The Bertz CT molecular complexity index is 258. The van der Waals surface area contributed by atoms with E-state index in [1.165, 1.54) is 19.2 Å². The third kappa shape index (κ3) is 2.23. The topological polar surface area (TPSA) is 63.8 Å². The van der Waals surface area contributed by atoms with E-state index in [4.69, 9.17) is 5.84 Å². The molecular weight excluding hydrogens is 164 g/mol. The summed E-state index contributed by atoms with van der Waals surface area (Å²) in [5.41, 5.74) is 3.89. The van der Waals surface area contributed by atoms with Gasteiger partial charge in [-0.2, -0.15) is 0 Å². The maximum absolute atomic E-state index is 5.48. The van der Waals surface area contributed by atoms with Crippen molar-refractivity contribution >= 4 is 0 Å². The highest BCUT2D eigenvalue weighted by molar-refractivity contribution is 5.09. The lowest BCUT2D eigenvalue weighted by Gasteiger charge is -2.14. The number of hydrogen-bond donors (Lipinski definition) is 2. The first kappa shape index (κ1) is 8.59. The van der Waals surface area contributed by atoms with Crippen LogP contribution in [0.5, 0.6) is 0 Å². The zero-order valence-corrected chi connectivity index (χ0v) is 7.48. The summed E-state index contributed by atoms with van der Waals surface area (Å²) in [6.07, 6.45) is 8.95. The summed E-state index contributed by atoms with van der Waals surface area (Å²) in [6.45, 7) is 0. The van der Waals surface area contributed by atoms with Crippen LogP contribution in [0.2, 0.25) is 0 Å². The largest absolute Gasteiger partial charge is 0.271 e. The Hall–Kier alpha value is -1.00. The van der Waals surface area contributed by atoms with Crippen molar-refractivity contribution in [1.82, 2.24) is 15.4 Å². The van der Waals surface area contributed by atoms with Gasteiger partial charge in [0.25, 0.3) is 0 Å². The third-order valence-corrected chi connectivity index (χ3v) is 2.45. The van der Waals surface area contributed by atoms with Gasteiger partial charge in [0.05, 0.1) is 0 Å². The van der Waals surface area contributed by atoms with Gasteiger partial charge in [-0.1, -0.05) is 12.8 Å². The number of nitrogens with two attached hydrogens (primary N) is 1. The Balaban J connectivity index is 2.02. The number of nitrogens with one attached hydrogen (secondary N) is 1. The van der Waals surface area contributed by atoms with E-state index in [0.717, 1.165) is 17.9 Å². The molecule has 0 spiro atoms. The van der Waals surface area contributed by atoms with Crippen molar-refractivity contribution in [2.24, 2.45) is 11.8 Å². The highest BCUT2D eigenvalue weighted by Gasteiger charge is 2.25. The minimum absolute atomic E-state index is 0.216. The molecule has 2 rings (SSSR count). The summed E-state index contributed by atoms with van der Waals surface area (Å²) in [5, 5.41) is 0. The summed E-state index contributed by atoms with van der Waals surface area (Å²) in [4.78, 5) is 7.95. The minimum atomic E-state index is 0.216. The molecule has 0 radical (unpaired) electrons. The molecule has 1 aliphatic rings. The maximum atomic E-state index is 5.48. The molecule has 0 aliphatic heterocycles. The highest BCUT2D eigenvalue weighted by Crippen LogP contribution is 2.36. The lowest BCUT2D eigenvalue weighted by molar-refractivity contribution is 0.484. The summed E-state index contributed by atoms with van der Waals surface area (Å²) >= 11 is 0. The Labute approximate surface area is 77.5 Å². The molecule has 1 atom stereocenters. The number of aromatic nitrogens is 2. The molecule has 1 heterocycles. The second-order valence-corrected chi connectivity index (χ2v) is 3.57. The molecule has 0 saturated heterocycles. The van der Waals surface area contributed by atoms with Crippen LogP contribution in [-0.2, 0) is 0 Å². The molecule has 1 unspecified atom stereocenters. The van der Waals surface area contributed by atoms with Gasteiger partial charge < -0.3 is 0 Å². The second-order valence-electron chi connectivity index (χ2n) is 3.57. The van der Waals surface area contributed by atoms with Gasteiger partial charge >= 0.3 is 0 Å². The molecule has 1 fully saturated rings. The zero-order chi connectivity index (χ0) is 9.10. The molecule has 4 nitrogen and oxygen atoms in total. The molecule has 13 heavy (non-hydrogen) atoms. The molecule has 1 saturated carbocycles. The molecule has 0 bridgehead atoms. The molecule has 70 valence electrons. The minimum Gasteiger partial charge on any atom is -0.271 e. The molecule has 3 N–H and O–H groups in total. The molecule has 0 amide bonds. The van der Waals surface area contributed by atoms with Crippen LogP contribution in [0.3, 0.4) is 0 Å². The van der Waals surface area contributed by atoms with E-state index in [1.807, 2.05) is 12.4 Å². The van der Waals surface area contributed by atoms with Crippen molar-refractivity contribution in [3.63, 3.8) is 0 Å². The first-order valence-electron chi connectivity index (χ1n) is 4.61. The van der Waals surface area contributed by atoms with Crippen LogP contribution < -0.4 is 11.3 Å². The van der Waals surface area contributed by atoms with Crippen LogP contribution in [0.4, 0.5) is 0 Å². The average molecular weight is 178 g/mol. The number of nitrogens with zero attached hydrogens (tertiary/aromatic N) is 2.